The van der Waals surface area contributed by atoms with Crippen LogP contribution in [0.5, 0.6) is 0 Å². The van der Waals surface area contributed by atoms with Crippen molar-refractivity contribution in [2.75, 3.05) is 12.4 Å². The first-order valence-electron chi connectivity index (χ1n) is 7.85. The molecule has 1 fully saturated rings. The monoisotopic (exact) mass is 350 g/mol. The fraction of sp³-hybridized carbons (Fsp3) is 0.588. The SMILES string of the molecule is CCC1(C(Br)c2ccc3c(c2)CN(C)C(=O)N3)CCCC1. The van der Waals surface area contributed by atoms with E-state index < -0.39 is 0 Å². The van der Waals surface area contributed by atoms with Gasteiger partial charge in [-0.15, -0.1) is 0 Å². The van der Waals surface area contributed by atoms with Crippen LogP contribution in [0.2, 0.25) is 0 Å². The third-order valence-electron chi connectivity index (χ3n) is 5.26. The van der Waals surface area contributed by atoms with E-state index in [9.17, 15) is 4.79 Å². The molecule has 2 amide bonds. The number of carbonyl (C=O) groups excluding carboxylic acids is 1. The highest BCUT2D eigenvalue weighted by Gasteiger charge is 2.39. The first kappa shape index (κ1) is 14.9. The number of amides is 2. The zero-order valence-corrected chi connectivity index (χ0v) is 14.4. The number of nitrogens with one attached hydrogen (secondary N) is 1. The Kier molecular flexibility index (Phi) is 4.00. The summed E-state index contributed by atoms with van der Waals surface area (Å²) < 4.78 is 0. The van der Waals surface area contributed by atoms with E-state index in [0.717, 1.165) is 5.69 Å². The van der Waals surface area contributed by atoms with Crippen LogP contribution in [0.3, 0.4) is 0 Å². The van der Waals surface area contributed by atoms with Crippen molar-refractivity contribution in [3.05, 3.63) is 29.3 Å². The standard InChI is InChI=1S/C17H23BrN2O/c1-3-17(8-4-5-9-17)15(18)12-6-7-14-13(10-12)11-20(2)16(21)19-14/h6-7,10,15H,3-5,8-9,11H2,1-2H3,(H,19,21). The molecule has 1 aliphatic carbocycles. The Labute approximate surface area is 135 Å². The van der Waals surface area contributed by atoms with E-state index in [1.807, 2.05) is 7.05 Å². The van der Waals surface area contributed by atoms with Crippen LogP contribution in [0.15, 0.2) is 18.2 Å². The van der Waals surface area contributed by atoms with E-state index in [2.05, 4.69) is 46.4 Å². The van der Waals surface area contributed by atoms with Gasteiger partial charge in [-0.25, -0.2) is 4.79 Å². The van der Waals surface area contributed by atoms with E-state index >= 15 is 0 Å². The third kappa shape index (κ3) is 2.59. The molecule has 2 aliphatic rings. The van der Waals surface area contributed by atoms with Crippen molar-refractivity contribution in [3.8, 4) is 0 Å². The molecular formula is C17H23BrN2O. The maximum absolute atomic E-state index is 11.7. The Bertz CT molecular complexity index is 552. The number of benzene rings is 1. The summed E-state index contributed by atoms with van der Waals surface area (Å²) in [7, 11) is 1.83. The molecule has 0 aromatic heterocycles. The fourth-order valence-electron chi connectivity index (χ4n) is 3.78. The number of rotatable bonds is 3. The molecular weight excluding hydrogens is 328 g/mol. The van der Waals surface area contributed by atoms with Crippen molar-refractivity contribution < 1.29 is 4.79 Å². The molecule has 4 heteroatoms. The lowest BCUT2D eigenvalue weighted by Gasteiger charge is -2.34. The van der Waals surface area contributed by atoms with Crippen molar-refractivity contribution in [3.63, 3.8) is 0 Å². The van der Waals surface area contributed by atoms with Gasteiger partial charge in [0.1, 0.15) is 0 Å². The molecule has 1 aromatic carbocycles. The van der Waals surface area contributed by atoms with Crippen LogP contribution in [0.1, 0.15) is 55.0 Å². The largest absolute Gasteiger partial charge is 0.323 e. The quantitative estimate of drug-likeness (QED) is 0.758. The smallest absolute Gasteiger partial charge is 0.321 e. The molecule has 1 atom stereocenters. The second-order valence-electron chi connectivity index (χ2n) is 6.49. The number of urea groups is 1. The Balaban J connectivity index is 1.90. The van der Waals surface area contributed by atoms with Crippen LogP contribution in [0, 0.1) is 5.41 Å². The van der Waals surface area contributed by atoms with E-state index in [1.54, 1.807) is 4.90 Å². The van der Waals surface area contributed by atoms with Gasteiger partial charge in [0.05, 0.1) is 0 Å². The summed E-state index contributed by atoms with van der Waals surface area (Å²) in [5.74, 6) is 0. The molecule has 21 heavy (non-hydrogen) atoms. The number of hydrogen-bond donors (Lipinski definition) is 1. The van der Waals surface area contributed by atoms with Gasteiger partial charge in [0.15, 0.2) is 0 Å². The zero-order valence-electron chi connectivity index (χ0n) is 12.8. The molecule has 3 rings (SSSR count). The lowest BCUT2D eigenvalue weighted by Crippen LogP contribution is -2.35. The number of alkyl halides is 1. The fourth-order valence-corrected chi connectivity index (χ4v) is 4.85. The molecule has 114 valence electrons. The van der Waals surface area contributed by atoms with Gasteiger partial charge in [0.2, 0.25) is 0 Å². The average Bonchev–Trinajstić information content (AvgIpc) is 2.97. The highest BCUT2D eigenvalue weighted by Crippen LogP contribution is 2.54. The van der Waals surface area contributed by atoms with E-state index in [-0.39, 0.29) is 6.03 Å². The van der Waals surface area contributed by atoms with Crippen molar-refractivity contribution in [1.82, 2.24) is 4.90 Å². The molecule has 1 N–H and O–H groups in total. The number of carbonyl (C=O) groups is 1. The molecule has 1 heterocycles. The maximum Gasteiger partial charge on any atom is 0.321 e. The van der Waals surface area contributed by atoms with Gasteiger partial charge in [0.25, 0.3) is 0 Å². The summed E-state index contributed by atoms with van der Waals surface area (Å²) in [4.78, 5) is 13.8. The summed E-state index contributed by atoms with van der Waals surface area (Å²) >= 11 is 3.98. The Morgan fingerprint density at radius 2 is 2.10 bits per heavy atom. The van der Waals surface area contributed by atoms with Crippen LogP contribution in [0.25, 0.3) is 0 Å². The van der Waals surface area contributed by atoms with E-state index in [1.165, 1.54) is 43.2 Å². The molecule has 1 aliphatic heterocycles. The lowest BCUT2D eigenvalue weighted by molar-refractivity contribution is 0.218. The van der Waals surface area contributed by atoms with Gasteiger partial charge in [-0.2, -0.15) is 0 Å². The molecule has 3 nitrogen and oxygen atoms in total. The topological polar surface area (TPSA) is 32.3 Å². The second-order valence-corrected chi connectivity index (χ2v) is 7.40. The Morgan fingerprint density at radius 1 is 1.38 bits per heavy atom. The highest BCUT2D eigenvalue weighted by atomic mass is 79.9. The molecule has 0 radical (unpaired) electrons. The van der Waals surface area contributed by atoms with Gasteiger partial charge >= 0.3 is 6.03 Å². The summed E-state index contributed by atoms with van der Waals surface area (Å²) in [6, 6.07) is 6.47. The van der Waals surface area contributed by atoms with Crippen LogP contribution in [0.4, 0.5) is 10.5 Å². The number of anilines is 1. The minimum atomic E-state index is -0.0218. The van der Waals surface area contributed by atoms with Gasteiger partial charge in [0, 0.05) is 24.1 Å². The molecule has 0 saturated heterocycles. The normalized spacial score (nSPS) is 21.9. The predicted molar refractivity (Wildman–Crippen MR) is 89.8 cm³/mol. The minimum Gasteiger partial charge on any atom is -0.323 e. The number of fused-ring (bicyclic) bond motifs is 1. The predicted octanol–water partition coefficient (Wildman–Crippen LogP) is 5.07. The van der Waals surface area contributed by atoms with Crippen LogP contribution >= 0.6 is 15.9 Å². The molecule has 0 spiro atoms. The Morgan fingerprint density at radius 3 is 2.76 bits per heavy atom. The van der Waals surface area contributed by atoms with E-state index in [0.29, 0.717) is 16.8 Å². The Hall–Kier alpha value is -1.03. The van der Waals surface area contributed by atoms with Gasteiger partial charge in [-0.1, -0.05) is 47.8 Å². The second kappa shape index (κ2) is 5.64. The van der Waals surface area contributed by atoms with Crippen LogP contribution in [-0.4, -0.2) is 18.0 Å². The van der Waals surface area contributed by atoms with E-state index in [4.69, 9.17) is 0 Å². The first-order valence-corrected chi connectivity index (χ1v) is 8.76. The van der Waals surface area contributed by atoms with Crippen molar-refractivity contribution in [2.24, 2.45) is 5.41 Å². The number of nitrogens with zero attached hydrogens (tertiary/aromatic N) is 1. The summed E-state index contributed by atoms with van der Waals surface area (Å²) in [6.07, 6.45) is 6.54. The van der Waals surface area contributed by atoms with Crippen LogP contribution in [-0.2, 0) is 6.54 Å². The van der Waals surface area contributed by atoms with Crippen LogP contribution < -0.4 is 5.32 Å². The molecule has 1 aromatic rings. The first-order chi connectivity index (χ1) is 10.1. The maximum atomic E-state index is 11.7. The minimum absolute atomic E-state index is 0.0218. The van der Waals surface area contributed by atoms with Gasteiger partial charge in [-0.3, -0.25) is 0 Å². The highest BCUT2D eigenvalue weighted by molar-refractivity contribution is 9.09. The lowest BCUT2D eigenvalue weighted by atomic mass is 9.77. The number of halogens is 1. The number of hydrogen-bond acceptors (Lipinski definition) is 1. The average molecular weight is 351 g/mol. The van der Waals surface area contributed by atoms with Crippen molar-refractivity contribution in [1.29, 1.82) is 0 Å². The molecule has 1 unspecified atom stereocenters. The molecule has 1 saturated carbocycles. The zero-order chi connectivity index (χ0) is 15.0. The van der Waals surface area contributed by atoms with Gasteiger partial charge < -0.3 is 10.2 Å². The summed E-state index contributed by atoms with van der Waals surface area (Å²) in [5, 5.41) is 2.94. The van der Waals surface area contributed by atoms with Gasteiger partial charge in [-0.05, 0) is 41.9 Å². The summed E-state index contributed by atoms with van der Waals surface area (Å²) in [6.45, 7) is 3.00. The van der Waals surface area contributed by atoms with Crippen molar-refractivity contribution >= 4 is 27.6 Å². The summed E-state index contributed by atoms with van der Waals surface area (Å²) in [5.41, 5.74) is 3.92. The third-order valence-corrected chi connectivity index (χ3v) is 6.76. The molecule has 0 bridgehead atoms. The van der Waals surface area contributed by atoms with Crippen molar-refractivity contribution in [2.45, 2.75) is 50.4 Å².